The fraction of sp³-hybridized carbons (Fsp3) is 0.0278. The molecule has 46 heavy (non-hydrogen) atoms. The van der Waals surface area contributed by atoms with Gasteiger partial charge in [-0.3, -0.25) is 14.4 Å². The maximum absolute atomic E-state index is 13.4. The molecule has 3 amide bonds. The Bertz CT molecular complexity index is 1870. The van der Waals surface area contributed by atoms with Gasteiger partial charge >= 0.3 is 0 Å². The summed E-state index contributed by atoms with van der Waals surface area (Å²) in [5.74, 6) is 0.323. The van der Waals surface area contributed by atoms with Gasteiger partial charge in [-0.05, 0) is 90.5 Å². The Morgan fingerprint density at radius 3 is 2.11 bits per heavy atom. The molecule has 0 aliphatic carbocycles. The lowest BCUT2D eigenvalue weighted by Crippen LogP contribution is -2.30. The highest BCUT2D eigenvalue weighted by molar-refractivity contribution is 8.00. The molecule has 0 saturated carbocycles. The number of carbonyl (C=O) groups is 3. The van der Waals surface area contributed by atoms with E-state index >= 15 is 0 Å². The molecule has 0 radical (unpaired) electrons. The summed E-state index contributed by atoms with van der Waals surface area (Å²) in [6.07, 6.45) is 1.48. The van der Waals surface area contributed by atoms with E-state index in [1.165, 1.54) is 17.8 Å². The van der Waals surface area contributed by atoms with Crippen LogP contribution in [0.5, 0.6) is 11.5 Å². The minimum absolute atomic E-state index is 0.0179. The molecular formula is C36H27Cl2N3O4S. The quantitative estimate of drug-likeness (QED) is 0.0965. The van der Waals surface area contributed by atoms with Gasteiger partial charge in [0.1, 0.15) is 17.2 Å². The van der Waals surface area contributed by atoms with Crippen LogP contribution >= 0.6 is 35.0 Å². The minimum atomic E-state index is -0.560. The maximum atomic E-state index is 13.4. The van der Waals surface area contributed by atoms with Crippen LogP contribution in [0.15, 0.2) is 138 Å². The summed E-state index contributed by atoms with van der Waals surface area (Å²) in [6.45, 7) is 0. The Balaban J connectivity index is 1.21. The average Bonchev–Trinajstić information content (AvgIpc) is 3.06. The molecule has 230 valence electrons. The molecule has 3 N–H and O–H groups in total. The van der Waals surface area contributed by atoms with E-state index < -0.39 is 11.8 Å². The molecule has 5 aromatic carbocycles. The lowest BCUT2D eigenvalue weighted by Gasteiger charge is -2.13. The van der Waals surface area contributed by atoms with Gasteiger partial charge in [0, 0.05) is 31.9 Å². The number of nitrogens with one attached hydrogen (secondary N) is 3. The molecule has 0 aromatic heterocycles. The number of thioether (sulfide) groups is 1. The number of anilines is 2. The number of hydrogen-bond donors (Lipinski definition) is 3. The van der Waals surface area contributed by atoms with Crippen LogP contribution in [0.3, 0.4) is 0 Å². The Morgan fingerprint density at radius 1 is 0.696 bits per heavy atom. The van der Waals surface area contributed by atoms with Gasteiger partial charge in [-0.2, -0.15) is 0 Å². The third-order valence-corrected chi connectivity index (χ3v) is 7.93. The molecule has 0 unspecified atom stereocenters. The van der Waals surface area contributed by atoms with Gasteiger partial charge in [-0.25, -0.2) is 0 Å². The van der Waals surface area contributed by atoms with E-state index in [-0.39, 0.29) is 17.4 Å². The van der Waals surface area contributed by atoms with E-state index in [1.54, 1.807) is 91.0 Å². The number of ether oxygens (including phenoxy) is 1. The van der Waals surface area contributed by atoms with Crippen molar-refractivity contribution in [2.24, 2.45) is 0 Å². The Morgan fingerprint density at radius 2 is 1.39 bits per heavy atom. The minimum Gasteiger partial charge on any atom is -0.457 e. The molecular weight excluding hydrogens is 641 g/mol. The van der Waals surface area contributed by atoms with Crippen molar-refractivity contribution in [3.8, 4) is 11.5 Å². The number of benzene rings is 5. The predicted octanol–water partition coefficient (Wildman–Crippen LogP) is 8.93. The van der Waals surface area contributed by atoms with Crippen molar-refractivity contribution in [2.75, 3.05) is 16.4 Å². The molecule has 7 nitrogen and oxygen atoms in total. The largest absolute Gasteiger partial charge is 0.457 e. The van der Waals surface area contributed by atoms with Gasteiger partial charge in [-0.15, -0.1) is 11.8 Å². The summed E-state index contributed by atoms with van der Waals surface area (Å²) in [6, 6.07) is 37.0. The van der Waals surface area contributed by atoms with E-state index in [2.05, 4.69) is 16.0 Å². The number of hydrogen-bond acceptors (Lipinski definition) is 5. The summed E-state index contributed by atoms with van der Waals surface area (Å²) < 4.78 is 5.79. The standard InChI is InChI=1S/C36H27Cl2N3O4S/c37-26-15-14-25(32(38)21-26)20-33(41-35(43)24-8-3-1-4-9-24)36(44)40-28-10-7-13-31(22-28)46-23-34(42)39-27-16-18-30(19-17-27)45-29-11-5-2-6-12-29/h1-22H,23H2,(H,39,42)(H,40,44)(H,41,43)/b33-20+. The van der Waals surface area contributed by atoms with Crippen molar-refractivity contribution >= 4 is 70.1 Å². The second-order valence-electron chi connectivity index (χ2n) is 9.80. The normalized spacial score (nSPS) is 11.0. The molecule has 0 atom stereocenters. The van der Waals surface area contributed by atoms with Gasteiger partial charge in [-0.1, -0.05) is 71.7 Å². The van der Waals surface area contributed by atoms with Crippen LogP contribution in [0.1, 0.15) is 15.9 Å². The molecule has 10 heteroatoms. The van der Waals surface area contributed by atoms with Crippen LogP contribution < -0.4 is 20.7 Å². The van der Waals surface area contributed by atoms with Crippen LogP contribution in [0, 0.1) is 0 Å². The van der Waals surface area contributed by atoms with Crippen LogP contribution in [0.4, 0.5) is 11.4 Å². The molecule has 0 bridgehead atoms. The Kier molecular flexibility index (Phi) is 11.1. The average molecular weight is 669 g/mol. The molecule has 0 fully saturated rings. The molecule has 5 rings (SSSR count). The molecule has 0 saturated heterocycles. The summed E-state index contributed by atoms with van der Waals surface area (Å²) in [5.41, 5.74) is 1.99. The van der Waals surface area contributed by atoms with Crippen molar-refractivity contribution in [1.82, 2.24) is 5.32 Å². The van der Waals surface area contributed by atoms with Crippen LogP contribution in [-0.4, -0.2) is 23.5 Å². The zero-order valence-corrected chi connectivity index (χ0v) is 26.5. The SMILES string of the molecule is O=C(CSc1cccc(NC(=O)/C(=C\c2ccc(Cl)cc2Cl)NC(=O)c2ccccc2)c1)Nc1ccc(Oc2ccccc2)cc1. The highest BCUT2D eigenvalue weighted by Crippen LogP contribution is 2.26. The van der Waals surface area contributed by atoms with Gasteiger partial charge in [0.15, 0.2) is 0 Å². The number of halogens is 2. The third kappa shape index (κ3) is 9.49. The lowest BCUT2D eigenvalue weighted by atomic mass is 10.1. The Labute approximate surface area is 280 Å². The number of rotatable bonds is 11. The van der Waals surface area contributed by atoms with Crippen molar-refractivity contribution < 1.29 is 19.1 Å². The van der Waals surface area contributed by atoms with Crippen LogP contribution in [-0.2, 0) is 9.59 Å². The Hall–Kier alpha value is -5.02. The van der Waals surface area contributed by atoms with Crippen LogP contribution in [0.25, 0.3) is 6.08 Å². The fourth-order valence-electron chi connectivity index (χ4n) is 4.16. The maximum Gasteiger partial charge on any atom is 0.272 e. The van der Waals surface area contributed by atoms with E-state index in [9.17, 15) is 14.4 Å². The van der Waals surface area contributed by atoms with Gasteiger partial charge in [0.2, 0.25) is 5.91 Å². The second-order valence-corrected chi connectivity index (χ2v) is 11.7. The second kappa shape index (κ2) is 15.8. The van der Waals surface area contributed by atoms with Crippen LogP contribution in [0.2, 0.25) is 10.0 Å². The van der Waals surface area contributed by atoms with E-state index in [0.717, 1.165) is 10.6 Å². The topological polar surface area (TPSA) is 96.5 Å². The molecule has 0 aliphatic heterocycles. The lowest BCUT2D eigenvalue weighted by molar-refractivity contribution is -0.114. The molecule has 0 heterocycles. The van der Waals surface area contributed by atoms with Gasteiger partial charge < -0.3 is 20.7 Å². The summed E-state index contributed by atoms with van der Waals surface area (Å²) >= 11 is 13.7. The van der Waals surface area contributed by atoms with Gasteiger partial charge in [0.05, 0.1) is 5.75 Å². The van der Waals surface area contributed by atoms with Crippen molar-refractivity contribution in [3.05, 3.63) is 154 Å². The van der Waals surface area contributed by atoms with E-state index in [4.69, 9.17) is 27.9 Å². The van der Waals surface area contributed by atoms with Gasteiger partial charge in [0.25, 0.3) is 11.8 Å². The van der Waals surface area contributed by atoms with E-state index in [0.29, 0.717) is 38.3 Å². The summed E-state index contributed by atoms with van der Waals surface area (Å²) in [4.78, 5) is 39.8. The first-order chi connectivity index (χ1) is 22.3. The first-order valence-corrected chi connectivity index (χ1v) is 15.8. The predicted molar refractivity (Wildman–Crippen MR) is 186 cm³/mol. The third-order valence-electron chi connectivity index (χ3n) is 6.37. The smallest absolute Gasteiger partial charge is 0.272 e. The summed E-state index contributed by atoms with van der Waals surface area (Å²) in [7, 11) is 0. The monoisotopic (exact) mass is 667 g/mol. The zero-order valence-electron chi connectivity index (χ0n) is 24.2. The highest BCUT2D eigenvalue weighted by Gasteiger charge is 2.16. The first kappa shape index (κ1) is 32.4. The number of carbonyl (C=O) groups excluding carboxylic acids is 3. The highest BCUT2D eigenvalue weighted by atomic mass is 35.5. The number of para-hydroxylation sites is 1. The molecule has 0 aliphatic rings. The van der Waals surface area contributed by atoms with Crippen molar-refractivity contribution in [2.45, 2.75) is 4.90 Å². The summed E-state index contributed by atoms with van der Waals surface area (Å²) in [5, 5.41) is 9.15. The molecule has 0 spiro atoms. The molecule has 5 aromatic rings. The van der Waals surface area contributed by atoms with E-state index in [1.807, 2.05) is 36.4 Å². The zero-order chi connectivity index (χ0) is 32.3. The number of amides is 3. The van der Waals surface area contributed by atoms with Crippen molar-refractivity contribution in [1.29, 1.82) is 0 Å². The first-order valence-electron chi connectivity index (χ1n) is 14.0. The fourth-order valence-corrected chi connectivity index (χ4v) is 5.37. The van der Waals surface area contributed by atoms with Crippen molar-refractivity contribution in [3.63, 3.8) is 0 Å².